The monoisotopic (exact) mass is 368 g/mol. The van der Waals surface area contributed by atoms with Gasteiger partial charge < -0.3 is 15.2 Å². The van der Waals surface area contributed by atoms with E-state index < -0.39 is 0 Å². The van der Waals surface area contributed by atoms with E-state index in [-0.39, 0.29) is 11.8 Å². The first-order valence-corrected chi connectivity index (χ1v) is 9.69. The first kappa shape index (κ1) is 19.1. The second-order valence-electron chi connectivity index (χ2n) is 7.25. The Labute approximate surface area is 160 Å². The van der Waals surface area contributed by atoms with Crippen LogP contribution in [-0.4, -0.2) is 34.0 Å². The fourth-order valence-corrected chi connectivity index (χ4v) is 3.68. The maximum atomic E-state index is 12.5. The third-order valence-corrected chi connectivity index (χ3v) is 5.22. The van der Waals surface area contributed by atoms with Crippen molar-refractivity contribution in [3.05, 3.63) is 53.1 Å². The summed E-state index contributed by atoms with van der Waals surface area (Å²) < 4.78 is 2.09. The molecule has 0 aromatic carbocycles. The molecule has 0 radical (unpaired) electrons. The van der Waals surface area contributed by atoms with E-state index in [4.69, 9.17) is 0 Å². The molecule has 27 heavy (non-hydrogen) atoms. The van der Waals surface area contributed by atoms with E-state index in [9.17, 15) is 9.59 Å². The molecule has 2 N–H and O–H groups in total. The highest BCUT2D eigenvalue weighted by Gasteiger charge is 2.18. The van der Waals surface area contributed by atoms with Crippen molar-refractivity contribution in [3.63, 3.8) is 0 Å². The largest absolute Gasteiger partial charge is 0.353 e. The Morgan fingerprint density at radius 1 is 1.22 bits per heavy atom. The van der Waals surface area contributed by atoms with Gasteiger partial charge in [-0.3, -0.25) is 14.6 Å². The lowest BCUT2D eigenvalue weighted by Gasteiger charge is -2.12. The number of nitrogens with zero attached hydrogens (tertiary/aromatic N) is 2. The number of amides is 2. The van der Waals surface area contributed by atoms with Crippen molar-refractivity contribution < 1.29 is 9.59 Å². The van der Waals surface area contributed by atoms with Crippen LogP contribution in [0.1, 0.15) is 59.5 Å². The quantitative estimate of drug-likeness (QED) is 0.789. The predicted molar refractivity (Wildman–Crippen MR) is 105 cm³/mol. The van der Waals surface area contributed by atoms with Crippen molar-refractivity contribution >= 4 is 11.8 Å². The van der Waals surface area contributed by atoms with Gasteiger partial charge in [-0.25, -0.2) is 0 Å². The Morgan fingerprint density at radius 3 is 2.70 bits per heavy atom. The fraction of sp³-hybridized carbons (Fsp3) is 0.476. The van der Waals surface area contributed by atoms with E-state index in [2.05, 4.69) is 20.2 Å². The highest BCUT2D eigenvalue weighted by Crippen LogP contribution is 2.18. The fourth-order valence-electron chi connectivity index (χ4n) is 3.68. The second kappa shape index (κ2) is 8.84. The molecule has 3 rings (SSSR count). The normalized spacial score (nSPS) is 14.3. The number of aromatic nitrogens is 2. The number of aryl methyl sites for hydroxylation is 1. The SMILES string of the molecule is Cc1cc(C(=O)NCCC(=O)NC2CCCC2)c(C)n1Cc1ccccn1. The highest BCUT2D eigenvalue weighted by molar-refractivity contribution is 5.96. The maximum Gasteiger partial charge on any atom is 0.253 e. The van der Waals surface area contributed by atoms with E-state index in [1.165, 1.54) is 12.8 Å². The van der Waals surface area contributed by atoms with Crippen molar-refractivity contribution in [3.8, 4) is 0 Å². The van der Waals surface area contributed by atoms with Crippen LogP contribution in [0.4, 0.5) is 0 Å². The highest BCUT2D eigenvalue weighted by atomic mass is 16.2. The van der Waals surface area contributed by atoms with Crippen LogP contribution in [0.2, 0.25) is 0 Å². The third kappa shape index (κ3) is 4.96. The van der Waals surface area contributed by atoms with Crippen LogP contribution in [0.3, 0.4) is 0 Å². The summed E-state index contributed by atoms with van der Waals surface area (Å²) in [7, 11) is 0. The van der Waals surface area contributed by atoms with E-state index in [0.717, 1.165) is 29.9 Å². The second-order valence-corrected chi connectivity index (χ2v) is 7.25. The van der Waals surface area contributed by atoms with E-state index in [0.29, 0.717) is 31.1 Å². The smallest absolute Gasteiger partial charge is 0.253 e. The number of carbonyl (C=O) groups is 2. The molecule has 0 unspecified atom stereocenters. The van der Waals surface area contributed by atoms with Gasteiger partial charge >= 0.3 is 0 Å². The number of hydrogen-bond acceptors (Lipinski definition) is 3. The molecular weight excluding hydrogens is 340 g/mol. The third-order valence-electron chi connectivity index (χ3n) is 5.22. The Hall–Kier alpha value is -2.63. The summed E-state index contributed by atoms with van der Waals surface area (Å²) in [5.41, 5.74) is 3.53. The summed E-state index contributed by atoms with van der Waals surface area (Å²) >= 11 is 0. The minimum atomic E-state index is -0.135. The zero-order chi connectivity index (χ0) is 19.2. The molecule has 1 aliphatic carbocycles. The molecule has 1 fully saturated rings. The molecule has 0 spiro atoms. The summed E-state index contributed by atoms with van der Waals surface area (Å²) in [6.45, 7) is 4.91. The first-order chi connectivity index (χ1) is 13.0. The van der Waals surface area contributed by atoms with Gasteiger partial charge in [0.1, 0.15) is 0 Å². The van der Waals surface area contributed by atoms with Crippen LogP contribution in [0.15, 0.2) is 30.5 Å². The van der Waals surface area contributed by atoms with Gasteiger partial charge in [-0.2, -0.15) is 0 Å². The molecule has 2 amide bonds. The summed E-state index contributed by atoms with van der Waals surface area (Å²) in [5, 5.41) is 5.91. The molecule has 6 nitrogen and oxygen atoms in total. The Bertz CT molecular complexity index is 792. The maximum absolute atomic E-state index is 12.5. The standard InChI is InChI=1S/C21H28N4O2/c1-15-13-19(16(2)25(15)14-18-9-5-6-11-22-18)21(27)23-12-10-20(26)24-17-7-3-4-8-17/h5-6,9,11,13,17H,3-4,7-8,10,12,14H2,1-2H3,(H,23,27)(H,24,26). The van der Waals surface area contributed by atoms with Crippen LogP contribution in [0.5, 0.6) is 0 Å². The van der Waals surface area contributed by atoms with Gasteiger partial charge in [0.2, 0.25) is 5.91 Å². The Balaban J connectivity index is 1.53. The van der Waals surface area contributed by atoms with Crippen molar-refractivity contribution in [2.24, 2.45) is 0 Å². The molecular formula is C21H28N4O2. The molecule has 2 heterocycles. The molecule has 2 aromatic rings. The first-order valence-electron chi connectivity index (χ1n) is 9.69. The van der Waals surface area contributed by atoms with E-state index >= 15 is 0 Å². The molecule has 0 bridgehead atoms. The lowest BCUT2D eigenvalue weighted by atomic mass is 10.2. The van der Waals surface area contributed by atoms with E-state index in [1.54, 1.807) is 6.20 Å². The molecule has 1 aliphatic rings. The molecule has 144 valence electrons. The zero-order valence-electron chi connectivity index (χ0n) is 16.1. The van der Waals surface area contributed by atoms with Crippen molar-refractivity contribution in [2.75, 3.05) is 6.54 Å². The lowest BCUT2D eigenvalue weighted by Crippen LogP contribution is -2.35. The topological polar surface area (TPSA) is 76.0 Å². The molecule has 0 saturated heterocycles. The minimum absolute atomic E-state index is 0.0165. The minimum Gasteiger partial charge on any atom is -0.353 e. The number of pyridine rings is 1. The van der Waals surface area contributed by atoms with E-state index in [1.807, 2.05) is 38.1 Å². The Kier molecular flexibility index (Phi) is 6.27. The molecule has 6 heteroatoms. The van der Waals surface area contributed by atoms with Crippen molar-refractivity contribution in [2.45, 2.75) is 58.5 Å². The number of rotatable bonds is 7. The van der Waals surface area contributed by atoms with Gasteiger partial charge in [-0.1, -0.05) is 18.9 Å². The van der Waals surface area contributed by atoms with Gasteiger partial charge in [0.15, 0.2) is 0 Å². The van der Waals surface area contributed by atoms with Gasteiger partial charge in [0, 0.05) is 36.6 Å². The van der Waals surface area contributed by atoms with Crippen LogP contribution in [-0.2, 0) is 11.3 Å². The van der Waals surface area contributed by atoms with Gasteiger partial charge in [0.25, 0.3) is 5.91 Å². The average Bonchev–Trinajstić information content (AvgIpc) is 3.26. The number of carbonyl (C=O) groups excluding carboxylic acids is 2. The summed E-state index contributed by atoms with van der Waals surface area (Å²) in [5.74, 6) is -0.119. The predicted octanol–water partition coefficient (Wildman–Crippen LogP) is 2.73. The van der Waals surface area contributed by atoms with Crippen molar-refractivity contribution in [1.82, 2.24) is 20.2 Å². The molecule has 0 atom stereocenters. The summed E-state index contributed by atoms with van der Waals surface area (Å²) in [6.07, 6.45) is 6.61. The zero-order valence-corrected chi connectivity index (χ0v) is 16.1. The van der Waals surface area contributed by atoms with Gasteiger partial charge in [0.05, 0.1) is 17.8 Å². The van der Waals surface area contributed by atoms with Crippen LogP contribution in [0, 0.1) is 13.8 Å². The molecule has 2 aromatic heterocycles. The van der Waals surface area contributed by atoms with Gasteiger partial charge in [-0.15, -0.1) is 0 Å². The Morgan fingerprint density at radius 2 is 2.00 bits per heavy atom. The van der Waals surface area contributed by atoms with Gasteiger partial charge in [-0.05, 0) is 44.9 Å². The molecule has 0 aliphatic heterocycles. The van der Waals surface area contributed by atoms with Crippen LogP contribution in [0.25, 0.3) is 0 Å². The van der Waals surface area contributed by atoms with Crippen molar-refractivity contribution in [1.29, 1.82) is 0 Å². The number of nitrogens with one attached hydrogen (secondary N) is 2. The molecule has 1 saturated carbocycles. The summed E-state index contributed by atoms with van der Waals surface area (Å²) in [4.78, 5) is 28.9. The van der Waals surface area contributed by atoms with Crippen LogP contribution < -0.4 is 10.6 Å². The lowest BCUT2D eigenvalue weighted by molar-refractivity contribution is -0.121. The average molecular weight is 368 g/mol. The summed E-state index contributed by atoms with van der Waals surface area (Å²) in [6, 6.07) is 8.04. The number of hydrogen-bond donors (Lipinski definition) is 2. The van der Waals surface area contributed by atoms with Crippen LogP contribution >= 0.6 is 0 Å².